The van der Waals surface area contributed by atoms with Gasteiger partial charge < -0.3 is 4.42 Å². The summed E-state index contributed by atoms with van der Waals surface area (Å²) in [6.07, 6.45) is 4.04. The molecule has 13 heavy (non-hydrogen) atoms. The molecule has 0 radical (unpaired) electrons. The highest BCUT2D eigenvalue weighted by molar-refractivity contribution is 9.10. The maximum absolute atomic E-state index is 11.7. The third-order valence-electron chi connectivity index (χ3n) is 1.84. The molecule has 0 spiro atoms. The molecule has 0 saturated carbocycles. The first-order valence-electron chi connectivity index (χ1n) is 4.13. The standard InChI is InChI=1S/C10H11BrO2/c1-3-7(4-2)9(12)10-8(11)5-6-13-10/h3,5-6H,4H2,1-2H3/b7-3-. The van der Waals surface area contributed by atoms with Crippen molar-refractivity contribution in [2.45, 2.75) is 20.3 Å². The van der Waals surface area contributed by atoms with E-state index in [4.69, 9.17) is 4.42 Å². The summed E-state index contributed by atoms with van der Waals surface area (Å²) in [5, 5.41) is 0. The monoisotopic (exact) mass is 242 g/mol. The van der Waals surface area contributed by atoms with Crippen LogP contribution in [0.1, 0.15) is 30.8 Å². The third kappa shape index (κ3) is 2.10. The molecule has 0 fully saturated rings. The van der Waals surface area contributed by atoms with Crippen LogP contribution in [-0.4, -0.2) is 5.78 Å². The van der Waals surface area contributed by atoms with Crippen molar-refractivity contribution in [3.05, 3.63) is 34.2 Å². The van der Waals surface area contributed by atoms with Crippen LogP contribution in [0.4, 0.5) is 0 Å². The van der Waals surface area contributed by atoms with Gasteiger partial charge in [-0.2, -0.15) is 0 Å². The molecule has 70 valence electrons. The van der Waals surface area contributed by atoms with Gasteiger partial charge in [0, 0.05) is 0 Å². The number of rotatable bonds is 3. The lowest BCUT2D eigenvalue weighted by Crippen LogP contribution is -2.01. The molecule has 1 aromatic heterocycles. The number of Topliss-reactive ketones (excluding diaryl/α,β-unsaturated/α-hetero) is 1. The van der Waals surface area contributed by atoms with Crippen LogP contribution in [-0.2, 0) is 0 Å². The number of ketones is 1. The van der Waals surface area contributed by atoms with Gasteiger partial charge in [-0.25, -0.2) is 0 Å². The smallest absolute Gasteiger partial charge is 0.225 e. The first-order valence-corrected chi connectivity index (χ1v) is 4.92. The van der Waals surface area contributed by atoms with E-state index in [0.29, 0.717) is 10.2 Å². The molecule has 0 bridgehead atoms. The van der Waals surface area contributed by atoms with Gasteiger partial charge in [0.1, 0.15) is 0 Å². The maximum atomic E-state index is 11.7. The highest BCUT2D eigenvalue weighted by Gasteiger charge is 2.16. The molecular weight excluding hydrogens is 232 g/mol. The zero-order chi connectivity index (χ0) is 9.84. The Hall–Kier alpha value is -0.830. The van der Waals surface area contributed by atoms with Crippen LogP contribution >= 0.6 is 15.9 Å². The van der Waals surface area contributed by atoms with E-state index in [1.165, 1.54) is 6.26 Å². The number of carbonyl (C=O) groups excluding carboxylic acids is 1. The van der Waals surface area contributed by atoms with Crippen LogP contribution in [0.5, 0.6) is 0 Å². The lowest BCUT2D eigenvalue weighted by atomic mass is 10.1. The van der Waals surface area contributed by atoms with Gasteiger partial charge >= 0.3 is 0 Å². The number of hydrogen-bond donors (Lipinski definition) is 0. The van der Waals surface area contributed by atoms with E-state index in [1.807, 2.05) is 19.9 Å². The van der Waals surface area contributed by atoms with E-state index in [-0.39, 0.29) is 5.78 Å². The first-order chi connectivity index (χ1) is 6.20. The zero-order valence-electron chi connectivity index (χ0n) is 7.63. The van der Waals surface area contributed by atoms with E-state index in [0.717, 1.165) is 12.0 Å². The lowest BCUT2D eigenvalue weighted by molar-refractivity contribution is 0.100. The summed E-state index contributed by atoms with van der Waals surface area (Å²) in [6, 6.07) is 1.72. The second-order valence-electron chi connectivity index (χ2n) is 2.59. The molecule has 2 nitrogen and oxygen atoms in total. The van der Waals surface area contributed by atoms with Gasteiger partial charge in [0.25, 0.3) is 0 Å². The average Bonchev–Trinajstić information content (AvgIpc) is 2.53. The SMILES string of the molecule is C/C=C(/CC)C(=O)c1occc1Br. The fourth-order valence-electron chi connectivity index (χ4n) is 1.10. The number of halogens is 1. The van der Waals surface area contributed by atoms with Crippen LogP contribution in [0.25, 0.3) is 0 Å². The minimum absolute atomic E-state index is 0.0399. The van der Waals surface area contributed by atoms with E-state index >= 15 is 0 Å². The number of furan rings is 1. The van der Waals surface area contributed by atoms with E-state index in [2.05, 4.69) is 15.9 Å². The second-order valence-corrected chi connectivity index (χ2v) is 3.45. The Morgan fingerprint density at radius 3 is 2.77 bits per heavy atom. The van der Waals surface area contributed by atoms with Crippen LogP contribution in [0, 0.1) is 0 Å². The van der Waals surface area contributed by atoms with Crippen LogP contribution < -0.4 is 0 Å². The van der Waals surface area contributed by atoms with Gasteiger partial charge in [-0.1, -0.05) is 13.0 Å². The predicted molar refractivity (Wildman–Crippen MR) is 54.8 cm³/mol. The van der Waals surface area contributed by atoms with E-state index < -0.39 is 0 Å². The number of carbonyl (C=O) groups is 1. The third-order valence-corrected chi connectivity index (χ3v) is 2.47. The van der Waals surface area contributed by atoms with Crippen LogP contribution in [0.2, 0.25) is 0 Å². The summed E-state index contributed by atoms with van der Waals surface area (Å²) >= 11 is 3.25. The Morgan fingerprint density at radius 1 is 1.69 bits per heavy atom. The fourth-order valence-corrected chi connectivity index (χ4v) is 1.48. The summed E-state index contributed by atoms with van der Waals surface area (Å²) in [5.74, 6) is 0.344. The van der Waals surface area contributed by atoms with Gasteiger partial charge in [0.15, 0.2) is 5.76 Å². The Morgan fingerprint density at radius 2 is 2.38 bits per heavy atom. The molecule has 0 saturated heterocycles. The van der Waals surface area contributed by atoms with Crippen molar-refractivity contribution in [3.63, 3.8) is 0 Å². The van der Waals surface area contributed by atoms with E-state index in [1.54, 1.807) is 6.07 Å². The van der Waals surface area contributed by atoms with Gasteiger partial charge in [0.05, 0.1) is 10.7 Å². The molecule has 0 aliphatic rings. The molecule has 3 heteroatoms. The normalized spacial score (nSPS) is 11.8. The summed E-state index contributed by atoms with van der Waals surface area (Å²) in [5.41, 5.74) is 0.774. The van der Waals surface area contributed by atoms with Crippen molar-refractivity contribution in [3.8, 4) is 0 Å². The summed E-state index contributed by atoms with van der Waals surface area (Å²) in [4.78, 5) is 11.7. The molecule has 0 unspecified atom stereocenters. The van der Waals surface area contributed by atoms with Gasteiger partial charge in [-0.15, -0.1) is 0 Å². The second kappa shape index (κ2) is 4.42. The predicted octanol–water partition coefficient (Wildman–Crippen LogP) is 3.58. The van der Waals surface area contributed by atoms with Crippen LogP contribution in [0.15, 0.2) is 32.9 Å². The topological polar surface area (TPSA) is 30.2 Å². The van der Waals surface area contributed by atoms with E-state index in [9.17, 15) is 4.79 Å². The highest BCUT2D eigenvalue weighted by atomic mass is 79.9. The van der Waals surface area contributed by atoms with Crippen molar-refractivity contribution in [1.29, 1.82) is 0 Å². The Labute approximate surface area is 85.8 Å². The molecular formula is C10H11BrO2. The zero-order valence-corrected chi connectivity index (χ0v) is 9.22. The molecule has 0 aromatic carbocycles. The Balaban J connectivity index is 2.98. The maximum Gasteiger partial charge on any atom is 0.225 e. The molecule has 1 rings (SSSR count). The summed E-state index contributed by atoms with van der Waals surface area (Å²) in [6.45, 7) is 3.80. The average molecular weight is 243 g/mol. The fraction of sp³-hybridized carbons (Fsp3) is 0.300. The summed E-state index contributed by atoms with van der Waals surface area (Å²) in [7, 11) is 0. The minimum atomic E-state index is -0.0399. The molecule has 1 aromatic rings. The number of hydrogen-bond acceptors (Lipinski definition) is 2. The summed E-state index contributed by atoms with van der Waals surface area (Å²) < 4.78 is 5.79. The first kappa shape index (κ1) is 10.3. The molecule has 0 aliphatic carbocycles. The van der Waals surface area contributed by atoms with Crippen molar-refractivity contribution >= 4 is 21.7 Å². The largest absolute Gasteiger partial charge is 0.460 e. The quantitative estimate of drug-likeness (QED) is 0.599. The van der Waals surface area contributed by atoms with Crippen molar-refractivity contribution < 1.29 is 9.21 Å². The van der Waals surface area contributed by atoms with Gasteiger partial charge in [0.2, 0.25) is 5.78 Å². The van der Waals surface area contributed by atoms with Gasteiger partial charge in [-0.3, -0.25) is 4.79 Å². The Kier molecular flexibility index (Phi) is 3.48. The van der Waals surface area contributed by atoms with Crippen LogP contribution in [0.3, 0.4) is 0 Å². The van der Waals surface area contributed by atoms with Crippen molar-refractivity contribution in [1.82, 2.24) is 0 Å². The highest BCUT2D eigenvalue weighted by Crippen LogP contribution is 2.21. The number of allylic oxidation sites excluding steroid dienone is 2. The molecule has 0 atom stereocenters. The Bertz CT molecular complexity index is 336. The lowest BCUT2D eigenvalue weighted by Gasteiger charge is -1.99. The van der Waals surface area contributed by atoms with Crippen molar-refractivity contribution in [2.24, 2.45) is 0 Å². The minimum Gasteiger partial charge on any atom is -0.460 e. The molecule has 0 N–H and O–H groups in total. The van der Waals surface area contributed by atoms with Gasteiger partial charge in [-0.05, 0) is 40.9 Å². The van der Waals surface area contributed by atoms with Crippen molar-refractivity contribution in [2.75, 3.05) is 0 Å². The molecule has 1 heterocycles. The molecule has 0 aliphatic heterocycles. The molecule has 0 amide bonds.